The lowest BCUT2D eigenvalue weighted by atomic mass is 10.0. The SMILES string of the molecule is COc1ccc(CCc2ccccc2OCC(O)CN2CCSCC2)cc1. The number of aryl methyl sites for hydroxylation is 2. The first-order valence-corrected chi connectivity index (χ1v) is 10.7. The van der Waals surface area contributed by atoms with E-state index >= 15 is 0 Å². The van der Waals surface area contributed by atoms with E-state index in [4.69, 9.17) is 9.47 Å². The Balaban J connectivity index is 1.50. The fraction of sp³-hybridized carbons (Fsp3) is 0.455. The highest BCUT2D eigenvalue weighted by molar-refractivity contribution is 7.99. The quantitative estimate of drug-likeness (QED) is 0.715. The van der Waals surface area contributed by atoms with Gasteiger partial charge in [-0.1, -0.05) is 30.3 Å². The number of aliphatic hydroxyl groups is 1. The smallest absolute Gasteiger partial charge is 0.122 e. The Morgan fingerprint density at radius 2 is 1.78 bits per heavy atom. The summed E-state index contributed by atoms with van der Waals surface area (Å²) in [4.78, 5) is 2.32. The lowest BCUT2D eigenvalue weighted by Gasteiger charge is -2.28. The molecule has 1 aliphatic heterocycles. The predicted octanol–water partition coefficient (Wildman–Crippen LogP) is 3.27. The van der Waals surface area contributed by atoms with Crippen LogP contribution in [0.15, 0.2) is 48.5 Å². The lowest BCUT2D eigenvalue weighted by molar-refractivity contribution is 0.0712. The highest BCUT2D eigenvalue weighted by atomic mass is 32.2. The Kier molecular flexibility index (Phi) is 7.87. The Hall–Kier alpha value is -1.69. The number of benzene rings is 2. The molecule has 1 aliphatic rings. The van der Waals surface area contributed by atoms with Crippen molar-refractivity contribution in [3.05, 3.63) is 59.7 Å². The van der Waals surface area contributed by atoms with Crippen molar-refractivity contribution in [2.75, 3.05) is 44.9 Å². The van der Waals surface area contributed by atoms with Crippen LogP contribution in [0.5, 0.6) is 11.5 Å². The Labute approximate surface area is 166 Å². The van der Waals surface area contributed by atoms with Crippen molar-refractivity contribution in [3.8, 4) is 11.5 Å². The van der Waals surface area contributed by atoms with Gasteiger partial charge in [-0.25, -0.2) is 0 Å². The zero-order valence-corrected chi connectivity index (χ0v) is 16.8. The number of rotatable bonds is 9. The van der Waals surface area contributed by atoms with E-state index in [0.29, 0.717) is 13.2 Å². The molecule has 5 heteroatoms. The van der Waals surface area contributed by atoms with Gasteiger partial charge in [-0.2, -0.15) is 11.8 Å². The summed E-state index contributed by atoms with van der Waals surface area (Å²) in [7, 11) is 1.68. The van der Waals surface area contributed by atoms with E-state index in [-0.39, 0.29) is 0 Å². The van der Waals surface area contributed by atoms with Gasteiger partial charge in [-0.05, 0) is 42.2 Å². The number of methoxy groups -OCH3 is 1. The minimum absolute atomic E-state index is 0.337. The number of hydrogen-bond donors (Lipinski definition) is 1. The lowest BCUT2D eigenvalue weighted by Crippen LogP contribution is -2.40. The zero-order chi connectivity index (χ0) is 18.9. The summed E-state index contributed by atoms with van der Waals surface area (Å²) in [6.45, 7) is 3.14. The van der Waals surface area contributed by atoms with Gasteiger partial charge in [0, 0.05) is 31.1 Å². The van der Waals surface area contributed by atoms with Crippen LogP contribution in [0.4, 0.5) is 0 Å². The second-order valence-corrected chi connectivity index (χ2v) is 8.06. The summed E-state index contributed by atoms with van der Waals surface area (Å²) in [6, 6.07) is 16.3. The maximum atomic E-state index is 10.3. The van der Waals surface area contributed by atoms with Crippen molar-refractivity contribution in [2.24, 2.45) is 0 Å². The molecule has 0 spiro atoms. The van der Waals surface area contributed by atoms with Gasteiger partial charge in [0.1, 0.15) is 24.2 Å². The molecule has 4 nitrogen and oxygen atoms in total. The number of nitrogens with zero attached hydrogens (tertiary/aromatic N) is 1. The van der Waals surface area contributed by atoms with Crippen molar-refractivity contribution in [2.45, 2.75) is 18.9 Å². The second-order valence-electron chi connectivity index (χ2n) is 6.83. The first-order chi connectivity index (χ1) is 13.2. The molecular weight excluding hydrogens is 358 g/mol. The van der Waals surface area contributed by atoms with E-state index in [1.807, 2.05) is 42.1 Å². The summed E-state index contributed by atoms with van der Waals surface area (Å²) in [5.41, 5.74) is 2.45. The second kappa shape index (κ2) is 10.6. The van der Waals surface area contributed by atoms with Crippen molar-refractivity contribution < 1.29 is 14.6 Å². The molecule has 0 amide bonds. The Morgan fingerprint density at radius 3 is 2.52 bits per heavy atom. The molecule has 1 N–H and O–H groups in total. The summed E-state index contributed by atoms with van der Waals surface area (Å²) in [5.74, 6) is 4.06. The maximum Gasteiger partial charge on any atom is 0.122 e. The largest absolute Gasteiger partial charge is 0.497 e. The summed E-state index contributed by atoms with van der Waals surface area (Å²) in [6.07, 6.45) is 1.39. The number of hydrogen-bond acceptors (Lipinski definition) is 5. The van der Waals surface area contributed by atoms with Gasteiger partial charge in [0.2, 0.25) is 0 Å². The molecule has 0 aliphatic carbocycles. The Morgan fingerprint density at radius 1 is 1.04 bits per heavy atom. The number of β-amino-alcohol motifs (C(OH)–C–C–N with tert-alkyl or cyclic N) is 1. The van der Waals surface area contributed by atoms with Crippen LogP contribution < -0.4 is 9.47 Å². The predicted molar refractivity (Wildman–Crippen MR) is 112 cm³/mol. The minimum atomic E-state index is -0.456. The minimum Gasteiger partial charge on any atom is -0.497 e. The van der Waals surface area contributed by atoms with Gasteiger partial charge in [0.25, 0.3) is 0 Å². The van der Waals surface area contributed by atoms with Crippen molar-refractivity contribution in [3.63, 3.8) is 0 Å². The molecule has 1 fully saturated rings. The molecule has 3 rings (SSSR count). The molecule has 1 unspecified atom stereocenters. The van der Waals surface area contributed by atoms with Crippen LogP contribution in [0, 0.1) is 0 Å². The Bertz CT molecular complexity index is 686. The summed E-state index contributed by atoms with van der Waals surface area (Å²) < 4.78 is 11.2. The third-order valence-electron chi connectivity index (χ3n) is 4.82. The molecule has 0 aromatic heterocycles. The van der Waals surface area contributed by atoms with Crippen LogP contribution in [0.2, 0.25) is 0 Å². The van der Waals surface area contributed by atoms with E-state index < -0.39 is 6.10 Å². The number of aliphatic hydroxyl groups excluding tert-OH is 1. The molecule has 27 heavy (non-hydrogen) atoms. The third kappa shape index (κ3) is 6.45. The van der Waals surface area contributed by atoms with Crippen molar-refractivity contribution in [1.82, 2.24) is 4.90 Å². The highest BCUT2D eigenvalue weighted by Crippen LogP contribution is 2.21. The monoisotopic (exact) mass is 387 g/mol. The molecular formula is C22H29NO3S. The van der Waals surface area contributed by atoms with Gasteiger partial charge in [0.15, 0.2) is 0 Å². The van der Waals surface area contributed by atoms with E-state index in [0.717, 1.165) is 48.9 Å². The average Bonchev–Trinajstić information content (AvgIpc) is 2.72. The molecule has 146 valence electrons. The van der Waals surface area contributed by atoms with Gasteiger partial charge >= 0.3 is 0 Å². The van der Waals surface area contributed by atoms with Gasteiger partial charge < -0.3 is 14.6 Å². The molecule has 0 bridgehead atoms. The normalized spacial score (nSPS) is 16.1. The van der Waals surface area contributed by atoms with Crippen molar-refractivity contribution in [1.29, 1.82) is 0 Å². The molecule has 1 atom stereocenters. The van der Waals surface area contributed by atoms with E-state index in [1.54, 1.807) is 7.11 Å². The number of para-hydroxylation sites is 1. The van der Waals surface area contributed by atoms with Crippen LogP contribution in [-0.4, -0.2) is 61.0 Å². The third-order valence-corrected chi connectivity index (χ3v) is 5.76. The van der Waals surface area contributed by atoms with Gasteiger partial charge in [-0.15, -0.1) is 0 Å². The molecule has 0 radical (unpaired) electrons. The fourth-order valence-electron chi connectivity index (χ4n) is 3.24. The zero-order valence-electron chi connectivity index (χ0n) is 16.0. The van der Waals surface area contributed by atoms with Crippen LogP contribution in [-0.2, 0) is 12.8 Å². The highest BCUT2D eigenvalue weighted by Gasteiger charge is 2.15. The summed E-state index contributed by atoms with van der Waals surface area (Å²) >= 11 is 1.98. The van der Waals surface area contributed by atoms with E-state index in [9.17, 15) is 5.11 Å². The topological polar surface area (TPSA) is 41.9 Å². The van der Waals surface area contributed by atoms with E-state index in [2.05, 4.69) is 23.1 Å². The molecule has 0 saturated carbocycles. The molecule has 1 saturated heterocycles. The van der Waals surface area contributed by atoms with E-state index in [1.165, 1.54) is 11.1 Å². The standard InChI is InChI=1S/C22H29NO3S/c1-25-21-10-7-18(8-11-21)6-9-19-4-2-3-5-22(19)26-17-20(24)16-23-12-14-27-15-13-23/h2-5,7-8,10-11,20,24H,6,9,12-17H2,1H3. The average molecular weight is 388 g/mol. The van der Waals surface area contributed by atoms with Crippen LogP contribution in [0.25, 0.3) is 0 Å². The molecule has 2 aromatic carbocycles. The summed E-state index contributed by atoms with van der Waals surface area (Å²) in [5, 5.41) is 10.3. The van der Waals surface area contributed by atoms with Crippen LogP contribution in [0.1, 0.15) is 11.1 Å². The van der Waals surface area contributed by atoms with Crippen LogP contribution in [0.3, 0.4) is 0 Å². The van der Waals surface area contributed by atoms with Gasteiger partial charge in [0.05, 0.1) is 7.11 Å². The maximum absolute atomic E-state index is 10.3. The van der Waals surface area contributed by atoms with Crippen molar-refractivity contribution >= 4 is 11.8 Å². The molecule has 1 heterocycles. The first kappa shape index (κ1) is 20.1. The number of thioether (sulfide) groups is 1. The molecule has 2 aromatic rings. The number of ether oxygens (including phenoxy) is 2. The fourth-order valence-corrected chi connectivity index (χ4v) is 4.22. The van der Waals surface area contributed by atoms with Crippen LogP contribution >= 0.6 is 11.8 Å². The van der Waals surface area contributed by atoms with Gasteiger partial charge in [-0.3, -0.25) is 4.90 Å². The first-order valence-electron chi connectivity index (χ1n) is 9.56.